The molecule has 0 bridgehead atoms. The van der Waals surface area contributed by atoms with E-state index in [1.165, 1.54) is 0 Å². The Hall–Kier alpha value is -1.13. The van der Waals surface area contributed by atoms with Gasteiger partial charge < -0.3 is 11.1 Å². The van der Waals surface area contributed by atoms with Gasteiger partial charge in [-0.05, 0) is 17.7 Å². The third kappa shape index (κ3) is 4.76. The zero-order valence-electron chi connectivity index (χ0n) is 8.00. The van der Waals surface area contributed by atoms with Crippen LogP contribution in [0.1, 0.15) is 5.56 Å². The normalized spacial score (nSPS) is 9.67. The molecular formula is C10H11ClN2OS. The van der Waals surface area contributed by atoms with Gasteiger partial charge in [-0.1, -0.05) is 36.0 Å². The summed E-state index contributed by atoms with van der Waals surface area (Å²) in [5.41, 5.74) is 6.12. The molecule has 0 unspecified atom stereocenters. The lowest BCUT2D eigenvalue weighted by Gasteiger charge is -2.04. The van der Waals surface area contributed by atoms with Crippen molar-refractivity contribution < 1.29 is 4.79 Å². The van der Waals surface area contributed by atoms with Gasteiger partial charge in [-0.2, -0.15) is 0 Å². The number of hydrogen-bond acceptors (Lipinski definition) is 2. The van der Waals surface area contributed by atoms with Crippen LogP contribution in [0.2, 0.25) is 5.02 Å². The maximum atomic E-state index is 11.4. The fraction of sp³-hybridized carbons (Fsp3) is 0.200. The second-order valence-corrected chi connectivity index (χ2v) is 4.01. The molecule has 0 spiro atoms. The van der Waals surface area contributed by atoms with Crippen molar-refractivity contribution in [2.24, 2.45) is 5.73 Å². The monoisotopic (exact) mass is 242 g/mol. The minimum atomic E-state index is -0.120. The second-order valence-electron chi connectivity index (χ2n) is 3.05. The number of halogens is 1. The molecule has 1 aromatic carbocycles. The van der Waals surface area contributed by atoms with Crippen molar-refractivity contribution in [1.29, 1.82) is 0 Å². The van der Waals surface area contributed by atoms with E-state index in [4.69, 9.17) is 17.3 Å². The topological polar surface area (TPSA) is 55.1 Å². The lowest BCUT2D eigenvalue weighted by atomic mass is 10.1. The fourth-order valence-electron chi connectivity index (χ4n) is 1.08. The van der Waals surface area contributed by atoms with E-state index in [0.29, 0.717) is 5.02 Å². The Morgan fingerprint density at radius 3 is 2.87 bits per heavy atom. The smallest absolute Gasteiger partial charge is 0.224 e. The van der Waals surface area contributed by atoms with Crippen LogP contribution < -0.4 is 11.1 Å². The van der Waals surface area contributed by atoms with E-state index >= 15 is 0 Å². The lowest BCUT2D eigenvalue weighted by molar-refractivity contribution is -0.120. The van der Waals surface area contributed by atoms with Crippen LogP contribution in [0.15, 0.2) is 24.3 Å². The summed E-state index contributed by atoms with van der Waals surface area (Å²) in [5.74, 6) is -0.120. The standard InChI is InChI=1S/C10H11ClN2OS/c11-8-3-1-2-7(4-8)5-10(14)13-6-9(12)15/h1-4H,5-6H2,(H2,12,15)(H,13,14). The molecule has 0 heterocycles. The summed E-state index contributed by atoms with van der Waals surface area (Å²) in [6, 6.07) is 7.16. The molecule has 3 nitrogen and oxygen atoms in total. The first kappa shape index (κ1) is 11.9. The zero-order valence-corrected chi connectivity index (χ0v) is 9.57. The SMILES string of the molecule is NC(=S)CNC(=O)Cc1cccc(Cl)c1. The molecule has 0 aliphatic rings. The van der Waals surface area contributed by atoms with E-state index in [2.05, 4.69) is 17.5 Å². The van der Waals surface area contributed by atoms with Crippen LogP contribution in [0, 0.1) is 0 Å². The maximum Gasteiger partial charge on any atom is 0.224 e. The maximum absolute atomic E-state index is 11.4. The molecular weight excluding hydrogens is 232 g/mol. The predicted octanol–water partition coefficient (Wildman–Crippen LogP) is 1.28. The van der Waals surface area contributed by atoms with Gasteiger partial charge in [0.25, 0.3) is 0 Å². The number of nitrogens with one attached hydrogen (secondary N) is 1. The Morgan fingerprint density at radius 2 is 2.27 bits per heavy atom. The van der Waals surface area contributed by atoms with Gasteiger partial charge >= 0.3 is 0 Å². The van der Waals surface area contributed by atoms with Crippen LogP contribution in [-0.2, 0) is 11.2 Å². The van der Waals surface area contributed by atoms with Gasteiger partial charge in [0.05, 0.1) is 18.0 Å². The number of hydrogen-bond donors (Lipinski definition) is 2. The van der Waals surface area contributed by atoms with Gasteiger partial charge in [-0.15, -0.1) is 0 Å². The van der Waals surface area contributed by atoms with Crippen molar-refractivity contribution >= 4 is 34.7 Å². The highest BCUT2D eigenvalue weighted by atomic mass is 35.5. The summed E-state index contributed by atoms with van der Waals surface area (Å²) < 4.78 is 0. The average molecular weight is 243 g/mol. The first-order chi connectivity index (χ1) is 7.08. The summed E-state index contributed by atoms with van der Waals surface area (Å²) in [7, 11) is 0. The van der Waals surface area contributed by atoms with Crippen LogP contribution in [0.3, 0.4) is 0 Å². The summed E-state index contributed by atoms with van der Waals surface area (Å²) in [6.07, 6.45) is 0.281. The molecule has 80 valence electrons. The van der Waals surface area contributed by atoms with E-state index in [1.54, 1.807) is 18.2 Å². The van der Waals surface area contributed by atoms with Crippen LogP contribution in [0.25, 0.3) is 0 Å². The molecule has 0 aliphatic carbocycles. The van der Waals surface area contributed by atoms with Crippen LogP contribution in [-0.4, -0.2) is 17.4 Å². The minimum absolute atomic E-state index is 0.120. The van der Waals surface area contributed by atoms with E-state index in [9.17, 15) is 4.79 Å². The summed E-state index contributed by atoms with van der Waals surface area (Å²) >= 11 is 10.4. The molecule has 1 amide bonds. The quantitative estimate of drug-likeness (QED) is 0.783. The van der Waals surface area contributed by atoms with Crippen molar-refractivity contribution in [2.75, 3.05) is 6.54 Å². The highest BCUT2D eigenvalue weighted by Gasteiger charge is 2.03. The average Bonchev–Trinajstić information content (AvgIpc) is 2.15. The van der Waals surface area contributed by atoms with Gasteiger partial charge in [0, 0.05) is 5.02 Å². The number of amides is 1. The van der Waals surface area contributed by atoms with E-state index in [0.717, 1.165) is 5.56 Å². The Kier molecular flexibility index (Phi) is 4.52. The molecule has 0 radical (unpaired) electrons. The van der Waals surface area contributed by atoms with Gasteiger partial charge in [-0.25, -0.2) is 0 Å². The number of thiocarbonyl (C=S) groups is 1. The molecule has 0 fully saturated rings. The first-order valence-corrected chi connectivity index (χ1v) is 5.16. The van der Waals surface area contributed by atoms with Crippen molar-refractivity contribution in [3.63, 3.8) is 0 Å². The molecule has 1 aromatic rings. The van der Waals surface area contributed by atoms with Crippen LogP contribution >= 0.6 is 23.8 Å². The Morgan fingerprint density at radius 1 is 1.53 bits per heavy atom. The summed E-state index contributed by atoms with van der Waals surface area (Å²) in [6.45, 7) is 0.231. The third-order valence-corrected chi connectivity index (χ3v) is 2.09. The molecule has 0 aliphatic heterocycles. The Labute approximate surface area is 98.6 Å². The first-order valence-electron chi connectivity index (χ1n) is 4.37. The lowest BCUT2D eigenvalue weighted by Crippen LogP contribution is -2.33. The Bertz CT molecular complexity index is 381. The number of carbonyl (C=O) groups excluding carboxylic acids is 1. The summed E-state index contributed by atoms with van der Waals surface area (Å²) in [5, 5.41) is 3.22. The molecule has 0 aromatic heterocycles. The number of rotatable bonds is 4. The molecule has 1 rings (SSSR count). The van der Waals surface area contributed by atoms with E-state index in [1.807, 2.05) is 6.07 Å². The molecule has 15 heavy (non-hydrogen) atoms. The molecule has 0 atom stereocenters. The largest absolute Gasteiger partial charge is 0.392 e. The third-order valence-electron chi connectivity index (χ3n) is 1.71. The number of carbonyl (C=O) groups is 1. The molecule has 3 N–H and O–H groups in total. The van der Waals surface area contributed by atoms with Crippen LogP contribution in [0.4, 0.5) is 0 Å². The molecule has 0 saturated carbocycles. The molecule has 0 saturated heterocycles. The highest BCUT2D eigenvalue weighted by molar-refractivity contribution is 7.80. The van der Waals surface area contributed by atoms with Crippen molar-refractivity contribution in [2.45, 2.75) is 6.42 Å². The number of nitrogens with two attached hydrogens (primary N) is 1. The van der Waals surface area contributed by atoms with Gasteiger partial charge in [0.2, 0.25) is 5.91 Å². The predicted molar refractivity (Wildman–Crippen MR) is 65.0 cm³/mol. The fourth-order valence-corrected chi connectivity index (χ4v) is 1.37. The summed E-state index contributed by atoms with van der Waals surface area (Å²) in [4.78, 5) is 11.6. The van der Waals surface area contributed by atoms with Crippen LogP contribution in [0.5, 0.6) is 0 Å². The number of benzene rings is 1. The van der Waals surface area contributed by atoms with Gasteiger partial charge in [0.1, 0.15) is 0 Å². The molecule has 5 heteroatoms. The van der Waals surface area contributed by atoms with E-state index in [-0.39, 0.29) is 23.9 Å². The Balaban J connectivity index is 2.48. The van der Waals surface area contributed by atoms with E-state index < -0.39 is 0 Å². The van der Waals surface area contributed by atoms with Gasteiger partial charge in [0.15, 0.2) is 0 Å². The van der Waals surface area contributed by atoms with Crippen molar-refractivity contribution in [1.82, 2.24) is 5.32 Å². The highest BCUT2D eigenvalue weighted by Crippen LogP contribution is 2.10. The zero-order chi connectivity index (χ0) is 11.3. The minimum Gasteiger partial charge on any atom is -0.392 e. The second kappa shape index (κ2) is 5.68. The van der Waals surface area contributed by atoms with Crippen molar-refractivity contribution in [3.05, 3.63) is 34.9 Å². The van der Waals surface area contributed by atoms with Crippen molar-refractivity contribution in [3.8, 4) is 0 Å². The van der Waals surface area contributed by atoms with Gasteiger partial charge in [-0.3, -0.25) is 4.79 Å².